The molecule has 7 heteroatoms. The van der Waals surface area contributed by atoms with E-state index in [0.717, 1.165) is 24.1 Å². The predicted octanol–water partition coefficient (Wildman–Crippen LogP) is 4.02. The number of benzene rings is 2. The molecule has 0 saturated heterocycles. The summed E-state index contributed by atoms with van der Waals surface area (Å²) < 4.78 is 10.1. The smallest absolute Gasteiger partial charge is 0.306 e. The summed E-state index contributed by atoms with van der Waals surface area (Å²) in [5, 5.41) is 0.567. The SMILES string of the molecule is COC(=O)CC1CCCN(C(=O)c2ccc(N)c(OC)c2)c2ccc(Cl)cc21. The first-order chi connectivity index (χ1) is 13.4. The van der Waals surface area contributed by atoms with Gasteiger partial charge in [-0.05, 0) is 60.7 Å². The maximum atomic E-state index is 13.3. The molecule has 0 spiro atoms. The van der Waals surface area contributed by atoms with E-state index >= 15 is 0 Å². The number of hydrogen-bond donors (Lipinski definition) is 1. The highest BCUT2D eigenvalue weighted by atomic mass is 35.5. The average molecular weight is 403 g/mol. The lowest BCUT2D eigenvalue weighted by molar-refractivity contribution is -0.141. The molecule has 2 aromatic rings. The van der Waals surface area contributed by atoms with Crippen LogP contribution in [-0.2, 0) is 9.53 Å². The van der Waals surface area contributed by atoms with Crippen molar-refractivity contribution in [2.24, 2.45) is 0 Å². The van der Waals surface area contributed by atoms with Crippen LogP contribution in [0.15, 0.2) is 36.4 Å². The zero-order valence-electron chi connectivity index (χ0n) is 15.9. The van der Waals surface area contributed by atoms with Gasteiger partial charge in [-0.15, -0.1) is 0 Å². The maximum Gasteiger partial charge on any atom is 0.306 e. The van der Waals surface area contributed by atoms with Crippen LogP contribution >= 0.6 is 11.6 Å². The minimum absolute atomic E-state index is 0.0556. The molecule has 28 heavy (non-hydrogen) atoms. The van der Waals surface area contributed by atoms with Crippen molar-refractivity contribution in [3.05, 3.63) is 52.5 Å². The van der Waals surface area contributed by atoms with Crippen molar-refractivity contribution < 1.29 is 19.1 Å². The second-order valence-corrected chi connectivity index (χ2v) is 7.17. The maximum absolute atomic E-state index is 13.3. The number of ether oxygens (including phenoxy) is 2. The fraction of sp³-hybridized carbons (Fsp3) is 0.333. The van der Waals surface area contributed by atoms with Gasteiger partial charge >= 0.3 is 5.97 Å². The van der Waals surface area contributed by atoms with Gasteiger partial charge in [0.2, 0.25) is 0 Å². The Morgan fingerprint density at radius 1 is 1.21 bits per heavy atom. The van der Waals surface area contributed by atoms with E-state index in [-0.39, 0.29) is 24.2 Å². The average Bonchev–Trinajstić information content (AvgIpc) is 2.87. The van der Waals surface area contributed by atoms with E-state index in [0.29, 0.717) is 28.6 Å². The Kier molecular flexibility index (Phi) is 6.09. The summed E-state index contributed by atoms with van der Waals surface area (Å²) in [7, 11) is 2.89. The third-order valence-corrected chi connectivity index (χ3v) is 5.26. The third kappa shape index (κ3) is 4.07. The van der Waals surface area contributed by atoms with Crippen molar-refractivity contribution >= 4 is 34.9 Å². The summed E-state index contributed by atoms with van der Waals surface area (Å²) in [5.41, 5.74) is 8.46. The van der Waals surface area contributed by atoms with Gasteiger partial charge in [0.1, 0.15) is 5.75 Å². The Morgan fingerprint density at radius 3 is 2.71 bits per heavy atom. The van der Waals surface area contributed by atoms with E-state index in [1.165, 1.54) is 14.2 Å². The van der Waals surface area contributed by atoms with Crippen LogP contribution in [0.2, 0.25) is 5.02 Å². The van der Waals surface area contributed by atoms with E-state index in [4.69, 9.17) is 26.8 Å². The first-order valence-electron chi connectivity index (χ1n) is 9.06. The number of hydrogen-bond acceptors (Lipinski definition) is 5. The van der Waals surface area contributed by atoms with Crippen molar-refractivity contribution in [3.8, 4) is 5.75 Å². The number of fused-ring (bicyclic) bond motifs is 1. The molecule has 0 fully saturated rings. The Morgan fingerprint density at radius 2 is 2.00 bits per heavy atom. The number of amides is 1. The highest BCUT2D eigenvalue weighted by Crippen LogP contribution is 2.39. The number of halogens is 1. The zero-order chi connectivity index (χ0) is 20.3. The number of nitrogens with zero attached hydrogens (tertiary/aromatic N) is 1. The summed E-state index contributed by atoms with van der Waals surface area (Å²) in [4.78, 5) is 26.9. The molecule has 1 aliphatic rings. The van der Waals surface area contributed by atoms with Gasteiger partial charge in [-0.3, -0.25) is 9.59 Å². The zero-order valence-corrected chi connectivity index (χ0v) is 16.7. The normalized spacial score (nSPS) is 16.1. The van der Waals surface area contributed by atoms with E-state index < -0.39 is 0 Å². The van der Waals surface area contributed by atoms with Gasteiger partial charge in [-0.1, -0.05) is 11.6 Å². The molecule has 1 unspecified atom stereocenters. The van der Waals surface area contributed by atoms with Crippen molar-refractivity contribution in [2.45, 2.75) is 25.2 Å². The molecule has 3 rings (SSSR count). The number of esters is 1. The second kappa shape index (κ2) is 8.52. The topological polar surface area (TPSA) is 81.9 Å². The second-order valence-electron chi connectivity index (χ2n) is 6.74. The lowest BCUT2D eigenvalue weighted by Gasteiger charge is -2.24. The van der Waals surface area contributed by atoms with Crippen LogP contribution in [0.4, 0.5) is 11.4 Å². The van der Waals surface area contributed by atoms with Crippen molar-refractivity contribution in [3.63, 3.8) is 0 Å². The van der Waals surface area contributed by atoms with Crippen molar-refractivity contribution in [1.29, 1.82) is 0 Å². The number of nitrogens with two attached hydrogens (primary N) is 1. The molecule has 6 nitrogen and oxygen atoms in total. The summed E-state index contributed by atoms with van der Waals surface area (Å²) >= 11 is 6.22. The minimum atomic E-state index is -0.279. The standard InChI is InChI=1S/C21H23ClN2O4/c1-27-19-10-14(5-7-17(19)23)21(26)24-9-3-4-13(11-20(25)28-2)16-12-15(22)6-8-18(16)24/h5-8,10,12-13H,3-4,9,11,23H2,1-2H3. The molecule has 0 bridgehead atoms. The third-order valence-electron chi connectivity index (χ3n) is 5.02. The van der Waals surface area contributed by atoms with E-state index in [1.54, 1.807) is 29.2 Å². The molecule has 2 N–H and O–H groups in total. The number of carbonyl (C=O) groups excluding carboxylic acids is 2. The summed E-state index contributed by atoms with van der Waals surface area (Å²) in [6.07, 6.45) is 1.77. The van der Waals surface area contributed by atoms with Gasteiger partial charge in [0.15, 0.2) is 0 Å². The summed E-state index contributed by atoms with van der Waals surface area (Å²) in [6, 6.07) is 10.4. The van der Waals surface area contributed by atoms with Gasteiger partial charge in [-0.2, -0.15) is 0 Å². The number of anilines is 2. The molecule has 0 aliphatic carbocycles. The number of carbonyl (C=O) groups is 2. The fourth-order valence-corrected chi connectivity index (χ4v) is 3.76. The molecule has 1 atom stereocenters. The Bertz CT molecular complexity index is 900. The van der Waals surface area contributed by atoms with Crippen LogP contribution in [0, 0.1) is 0 Å². The highest BCUT2D eigenvalue weighted by molar-refractivity contribution is 6.30. The van der Waals surface area contributed by atoms with Crippen LogP contribution in [0.25, 0.3) is 0 Å². The van der Waals surface area contributed by atoms with Gasteiger partial charge in [0.05, 0.1) is 26.3 Å². The van der Waals surface area contributed by atoms with Gasteiger partial charge in [-0.25, -0.2) is 0 Å². The molecule has 1 amide bonds. The molecule has 148 valence electrons. The van der Waals surface area contributed by atoms with Crippen molar-refractivity contribution in [2.75, 3.05) is 31.4 Å². The monoisotopic (exact) mass is 402 g/mol. The predicted molar refractivity (Wildman–Crippen MR) is 109 cm³/mol. The van der Waals surface area contributed by atoms with Crippen LogP contribution in [-0.4, -0.2) is 32.6 Å². The number of nitrogen functional groups attached to an aromatic ring is 1. The van der Waals surface area contributed by atoms with Crippen LogP contribution < -0.4 is 15.4 Å². The molecular weight excluding hydrogens is 380 g/mol. The van der Waals surface area contributed by atoms with E-state index in [2.05, 4.69) is 0 Å². The number of rotatable bonds is 4. The van der Waals surface area contributed by atoms with Gasteiger partial charge in [0, 0.05) is 22.8 Å². The van der Waals surface area contributed by atoms with Crippen molar-refractivity contribution in [1.82, 2.24) is 0 Å². The molecular formula is C21H23ClN2O4. The van der Waals surface area contributed by atoms with Crippen LogP contribution in [0.1, 0.15) is 41.1 Å². The molecule has 0 saturated carbocycles. The fourth-order valence-electron chi connectivity index (χ4n) is 3.58. The lowest BCUT2D eigenvalue weighted by Crippen LogP contribution is -2.31. The first-order valence-corrected chi connectivity index (χ1v) is 9.44. The molecule has 1 aliphatic heterocycles. The molecule has 0 radical (unpaired) electrons. The molecule has 0 aromatic heterocycles. The lowest BCUT2D eigenvalue weighted by atomic mass is 9.91. The highest BCUT2D eigenvalue weighted by Gasteiger charge is 2.29. The Labute approximate surface area is 169 Å². The largest absolute Gasteiger partial charge is 0.495 e. The Balaban J connectivity index is 2.00. The quantitative estimate of drug-likeness (QED) is 0.617. The van der Waals surface area contributed by atoms with Crippen LogP contribution in [0.3, 0.4) is 0 Å². The molecule has 2 aromatic carbocycles. The van der Waals surface area contributed by atoms with E-state index in [9.17, 15) is 9.59 Å². The first kappa shape index (κ1) is 20.0. The van der Waals surface area contributed by atoms with Gasteiger partial charge < -0.3 is 20.1 Å². The molecule has 1 heterocycles. The van der Waals surface area contributed by atoms with Crippen LogP contribution in [0.5, 0.6) is 5.75 Å². The summed E-state index contributed by atoms with van der Waals surface area (Å²) in [5.74, 6) is -0.0277. The summed E-state index contributed by atoms with van der Waals surface area (Å²) in [6.45, 7) is 0.540. The minimum Gasteiger partial charge on any atom is -0.495 e. The van der Waals surface area contributed by atoms with Gasteiger partial charge in [0.25, 0.3) is 5.91 Å². The van der Waals surface area contributed by atoms with E-state index in [1.807, 2.05) is 12.1 Å². The Hall–Kier alpha value is -2.73. The number of methoxy groups -OCH3 is 2.